The molecule has 1 fully saturated rings. The molecule has 2 aliphatic heterocycles. The Balaban J connectivity index is 1.73. The third kappa shape index (κ3) is 3.81. The van der Waals surface area contributed by atoms with E-state index in [9.17, 15) is 14.4 Å². The number of anilines is 1. The number of nitrogens with zero attached hydrogens (tertiary/aromatic N) is 1. The van der Waals surface area contributed by atoms with Gasteiger partial charge in [0.05, 0.1) is 23.9 Å². The molecule has 0 unspecified atom stereocenters. The third-order valence-corrected chi connectivity index (χ3v) is 5.15. The van der Waals surface area contributed by atoms with Gasteiger partial charge in [-0.1, -0.05) is 0 Å². The Hall–Kier alpha value is -3.53. The molecule has 2 aromatic rings. The van der Waals surface area contributed by atoms with Gasteiger partial charge in [0.2, 0.25) is 6.79 Å². The zero-order valence-corrected chi connectivity index (χ0v) is 18.1. The minimum absolute atomic E-state index is 0.0527. The number of imide groups is 2. The van der Waals surface area contributed by atoms with Crippen molar-refractivity contribution in [2.24, 2.45) is 0 Å². The summed E-state index contributed by atoms with van der Waals surface area (Å²) in [7, 11) is 1.51. The zero-order valence-electron chi connectivity index (χ0n) is 16.6. The lowest BCUT2D eigenvalue weighted by atomic mass is 10.1. The Kier molecular flexibility index (Phi) is 5.55. The van der Waals surface area contributed by atoms with Crippen molar-refractivity contribution in [3.8, 4) is 23.0 Å². The van der Waals surface area contributed by atoms with Crippen LogP contribution in [0.25, 0.3) is 6.08 Å². The highest BCUT2D eigenvalue weighted by molar-refractivity contribution is 9.10. The normalized spacial score (nSPS) is 16.5. The Morgan fingerprint density at radius 2 is 1.94 bits per heavy atom. The van der Waals surface area contributed by atoms with Gasteiger partial charge in [0.15, 0.2) is 23.0 Å². The first-order chi connectivity index (χ1) is 14.9. The average molecular weight is 489 g/mol. The van der Waals surface area contributed by atoms with Gasteiger partial charge in [-0.15, -0.1) is 0 Å². The first-order valence-corrected chi connectivity index (χ1v) is 10.0. The lowest BCUT2D eigenvalue weighted by Crippen LogP contribution is -2.54. The number of carbonyl (C=O) groups is 3. The number of benzene rings is 2. The summed E-state index contributed by atoms with van der Waals surface area (Å²) in [6.07, 6.45) is 1.39. The number of amides is 4. The van der Waals surface area contributed by atoms with Gasteiger partial charge in [-0.05, 0) is 58.8 Å². The largest absolute Gasteiger partial charge is 0.492 e. The van der Waals surface area contributed by atoms with Gasteiger partial charge in [-0.3, -0.25) is 14.9 Å². The van der Waals surface area contributed by atoms with Crippen LogP contribution in [-0.2, 0) is 9.59 Å². The van der Waals surface area contributed by atoms with Crippen molar-refractivity contribution < 1.29 is 33.3 Å². The number of ether oxygens (including phenoxy) is 4. The molecule has 0 bridgehead atoms. The van der Waals surface area contributed by atoms with Gasteiger partial charge in [0.25, 0.3) is 11.8 Å². The maximum Gasteiger partial charge on any atom is 0.335 e. The molecule has 0 saturated carbocycles. The maximum absolute atomic E-state index is 13.1. The molecule has 0 spiro atoms. The molecule has 1 N–H and O–H groups in total. The molecular weight excluding hydrogens is 472 g/mol. The fraction of sp³-hybridized carbons (Fsp3) is 0.190. The number of halogens is 1. The molecule has 9 nitrogen and oxygen atoms in total. The van der Waals surface area contributed by atoms with Crippen LogP contribution in [0.5, 0.6) is 23.0 Å². The monoisotopic (exact) mass is 488 g/mol. The number of hydrogen-bond donors (Lipinski definition) is 1. The van der Waals surface area contributed by atoms with Crippen molar-refractivity contribution in [3.63, 3.8) is 0 Å². The molecule has 2 heterocycles. The van der Waals surface area contributed by atoms with E-state index in [0.29, 0.717) is 39.6 Å². The molecule has 10 heteroatoms. The lowest BCUT2D eigenvalue weighted by molar-refractivity contribution is -0.122. The van der Waals surface area contributed by atoms with E-state index >= 15 is 0 Å². The number of urea groups is 1. The number of carbonyl (C=O) groups excluding carboxylic acids is 3. The molecule has 2 aliphatic rings. The molecular formula is C21H17BrN2O7. The molecule has 0 aliphatic carbocycles. The van der Waals surface area contributed by atoms with Gasteiger partial charge in [-0.25, -0.2) is 9.69 Å². The predicted molar refractivity (Wildman–Crippen MR) is 113 cm³/mol. The number of barbiturate groups is 1. The maximum atomic E-state index is 13.1. The first-order valence-electron chi connectivity index (χ1n) is 9.24. The number of methoxy groups -OCH3 is 1. The number of hydrogen-bond acceptors (Lipinski definition) is 7. The Morgan fingerprint density at radius 3 is 2.68 bits per heavy atom. The molecule has 0 atom stereocenters. The number of fused-ring (bicyclic) bond motifs is 1. The van der Waals surface area contributed by atoms with Gasteiger partial charge >= 0.3 is 6.03 Å². The van der Waals surface area contributed by atoms with Crippen LogP contribution in [0.1, 0.15) is 12.5 Å². The molecule has 31 heavy (non-hydrogen) atoms. The number of rotatable bonds is 5. The van der Waals surface area contributed by atoms with E-state index in [2.05, 4.69) is 21.2 Å². The predicted octanol–water partition coefficient (Wildman–Crippen LogP) is 3.25. The van der Waals surface area contributed by atoms with E-state index in [4.69, 9.17) is 18.9 Å². The fourth-order valence-corrected chi connectivity index (χ4v) is 3.84. The van der Waals surface area contributed by atoms with Crippen LogP contribution >= 0.6 is 15.9 Å². The van der Waals surface area contributed by atoms with E-state index in [1.807, 2.05) is 6.92 Å². The Bertz CT molecular complexity index is 1130. The van der Waals surface area contributed by atoms with Crippen molar-refractivity contribution in [3.05, 3.63) is 45.9 Å². The Labute approximate surface area is 185 Å². The molecule has 0 radical (unpaired) electrons. The summed E-state index contributed by atoms with van der Waals surface area (Å²) in [4.78, 5) is 38.8. The zero-order chi connectivity index (χ0) is 22.1. The van der Waals surface area contributed by atoms with Crippen LogP contribution < -0.4 is 29.2 Å². The van der Waals surface area contributed by atoms with Crippen molar-refractivity contribution in [2.45, 2.75) is 6.92 Å². The highest BCUT2D eigenvalue weighted by Crippen LogP contribution is 2.38. The van der Waals surface area contributed by atoms with Crippen molar-refractivity contribution in [1.29, 1.82) is 0 Å². The van der Waals surface area contributed by atoms with Gasteiger partial charge < -0.3 is 18.9 Å². The third-order valence-electron chi connectivity index (χ3n) is 4.56. The average Bonchev–Trinajstić information content (AvgIpc) is 3.19. The fourth-order valence-electron chi connectivity index (χ4n) is 3.22. The molecule has 4 rings (SSSR count). The number of nitrogens with one attached hydrogen (secondary N) is 1. The van der Waals surface area contributed by atoms with Gasteiger partial charge in [0.1, 0.15) is 5.57 Å². The van der Waals surface area contributed by atoms with Crippen LogP contribution in [0.2, 0.25) is 0 Å². The van der Waals surface area contributed by atoms with Crippen molar-refractivity contribution in [2.75, 3.05) is 25.4 Å². The highest BCUT2D eigenvalue weighted by atomic mass is 79.9. The van der Waals surface area contributed by atoms with Crippen LogP contribution in [0.15, 0.2) is 40.4 Å². The summed E-state index contributed by atoms with van der Waals surface area (Å²) in [6, 6.07) is 7.10. The summed E-state index contributed by atoms with van der Waals surface area (Å²) in [6.45, 7) is 2.27. The standard InChI is InChI=1S/C21H17BrN2O7/c1-3-29-17-8-11(7-14(22)18(17)28-2)6-13-19(25)23-21(27)24(20(13)26)12-4-5-15-16(9-12)31-10-30-15/h4-9H,3,10H2,1-2H3,(H,23,25,27)/b13-6+. The topological polar surface area (TPSA) is 103 Å². The molecule has 160 valence electrons. The summed E-state index contributed by atoms with van der Waals surface area (Å²) in [5.74, 6) is 0.279. The minimum Gasteiger partial charge on any atom is -0.492 e. The van der Waals surface area contributed by atoms with Gasteiger partial charge in [0, 0.05) is 6.07 Å². The lowest BCUT2D eigenvalue weighted by Gasteiger charge is -2.26. The van der Waals surface area contributed by atoms with E-state index < -0.39 is 17.8 Å². The highest BCUT2D eigenvalue weighted by Gasteiger charge is 2.37. The SMILES string of the molecule is CCOc1cc(/C=C2\C(=O)NC(=O)N(c3ccc4c(c3)OCO4)C2=O)cc(Br)c1OC. The van der Waals surface area contributed by atoms with Crippen LogP contribution in [0.4, 0.5) is 10.5 Å². The summed E-state index contributed by atoms with van der Waals surface area (Å²) in [5, 5.41) is 2.19. The Morgan fingerprint density at radius 1 is 1.16 bits per heavy atom. The van der Waals surface area contributed by atoms with Crippen molar-refractivity contribution in [1.82, 2.24) is 5.32 Å². The second-order valence-electron chi connectivity index (χ2n) is 6.46. The molecule has 2 aromatic carbocycles. The second kappa shape index (κ2) is 8.31. The van der Waals surface area contributed by atoms with Gasteiger partial charge in [-0.2, -0.15) is 0 Å². The molecule has 0 aromatic heterocycles. The van der Waals surface area contributed by atoms with E-state index in [1.54, 1.807) is 18.2 Å². The second-order valence-corrected chi connectivity index (χ2v) is 7.32. The smallest absolute Gasteiger partial charge is 0.335 e. The summed E-state index contributed by atoms with van der Waals surface area (Å²) >= 11 is 3.40. The quantitative estimate of drug-likeness (QED) is 0.508. The molecule has 1 saturated heterocycles. The summed E-state index contributed by atoms with van der Waals surface area (Å²) < 4.78 is 22.1. The van der Waals surface area contributed by atoms with Crippen molar-refractivity contribution >= 4 is 45.5 Å². The van der Waals surface area contributed by atoms with E-state index in [-0.39, 0.29) is 18.1 Å². The van der Waals surface area contributed by atoms with Crippen LogP contribution in [0, 0.1) is 0 Å². The first kappa shape index (κ1) is 20.7. The van der Waals surface area contributed by atoms with Crippen LogP contribution in [0.3, 0.4) is 0 Å². The summed E-state index contributed by atoms with van der Waals surface area (Å²) in [5.41, 5.74) is 0.544. The minimum atomic E-state index is -0.850. The van der Waals surface area contributed by atoms with E-state index in [0.717, 1.165) is 4.90 Å². The van der Waals surface area contributed by atoms with Crippen LogP contribution in [-0.4, -0.2) is 38.4 Å². The molecule has 4 amide bonds. The van der Waals surface area contributed by atoms with E-state index in [1.165, 1.54) is 25.3 Å².